The molecule has 0 N–H and O–H groups in total. The molecule has 1 heterocycles. The number of benzene rings is 2. The van der Waals surface area contributed by atoms with Crippen molar-refractivity contribution in [1.82, 2.24) is 10.2 Å². The van der Waals surface area contributed by atoms with E-state index in [1.165, 1.54) is 10.9 Å². The number of hydrogen-bond donors (Lipinski definition) is 0. The topological polar surface area (TPSA) is 42.9 Å². The van der Waals surface area contributed by atoms with Crippen LogP contribution < -0.4 is 0 Å². The molecule has 0 saturated heterocycles. The van der Waals surface area contributed by atoms with Gasteiger partial charge in [-0.3, -0.25) is 4.79 Å². The number of aromatic nitrogens is 2. The van der Waals surface area contributed by atoms with Crippen LogP contribution in [0, 0.1) is 0 Å². The average molecular weight is 270 g/mol. The van der Waals surface area contributed by atoms with Gasteiger partial charge in [0, 0.05) is 17.4 Å². The number of ketones is 1. The highest BCUT2D eigenvalue weighted by molar-refractivity contribution is 6.24. The summed E-state index contributed by atoms with van der Waals surface area (Å²) in [4.78, 5) is 11.9. The van der Waals surface area contributed by atoms with E-state index in [0.717, 1.165) is 33.0 Å². The number of hydrogen-bond acceptors (Lipinski definition) is 3. The lowest BCUT2D eigenvalue weighted by Gasteiger charge is -2.07. The number of carbonyl (C=O) groups is 1. The normalized spacial score (nSPS) is 16.1. The van der Waals surface area contributed by atoms with Crippen LogP contribution in [-0.2, 0) is 4.79 Å². The van der Waals surface area contributed by atoms with Crippen LogP contribution in [0.4, 0.5) is 0 Å². The first kappa shape index (κ1) is 10.9. The predicted molar refractivity (Wildman–Crippen MR) is 82.6 cm³/mol. The molecule has 3 aromatic rings. The zero-order chi connectivity index (χ0) is 14.0. The van der Waals surface area contributed by atoms with Crippen molar-refractivity contribution in [2.24, 2.45) is 0 Å². The Morgan fingerprint density at radius 3 is 2.76 bits per heavy atom. The average Bonchev–Trinajstić information content (AvgIpc) is 3.07. The number of fused-ring (bicyclic) bond motifs is 7. The van der Waals surface area contributed by atoms with Crippen molar-refractivity contribution < 1.29 is 4.79 Å². The van der Waals surface area contributed by atoms with E-state index in [4.69, 9.17) is 0 Å². The molecule has 2 aliphatic carbocycles. The minimum atomic E-state index is 0.223. The summed E-state index contributed by atoms with van der Waals surface area (Å²) in [5, 5.41) is 11.5. The van der Waals surface area contributed by atoms with Crippen molar-refractivity contribution in [2.45, 2.75) is 6.42 Å². The third-order valence-corrected chi connectivity index (χ3v) is 4.40. The van der Waals surface area contributed by atoms with Gasteiger partial charge in [0.15, 0.2) is 5.78 Å². The highest BCUT2D eigenvalue weighted by Crippen LogP contribution is 2.43. The van der Waals surface area contributed by atoms with Gasteiger partial charge in [0.2, 0.25) is 0 Å². The molecule has 2 aliphatic rings. The van der Waals surface area contributed by atoms with Crippen molar-refractivity contribution >= 4 is 39.1 Å². The maximum absolute atomic E-state index is 11.9. The molecular formula is C18H10N2O. The second-order valence-electron chi connectivity index (χ2n) is 5.45. The van der Waals surface area contributed by atoms with Gasteiger partial charge in [-0.2, -0.15) is 10.2 Å². The van der Waals surface area contributed by atoms with Gasteiger partial charge in [0.1, 0.15) is 0 Å². The highest BCUT2D eigenvalue weighted by Gasteiger charge is 2.28. The van der Waals surface area contributed by atoms with Gasteiger partial charge in [-0.25, -0.2) is 0 Å². The van der Waals surface area contributed by atoms with Crippen molar-refractivity contribution in [3.8, 4) is 0 Å². The fourth-order valence-electron chi connectivity index (χ4n) is 3.42. The minimum absolute atomic E-state index is 0.223. The van der Waals surface area contributed by atoms with Crippen LogP contribution in [-0.4, -0.2) is 16.0 Å². The molecule has 98 valence electrons. The predicted octanol–water partition coefficient (Wildman–Crippen LogP) is 3.54. The Morgan fingerprint density at radius 1 is 0.905 bits per heavy atom. The Hall–Kier alpha value is -2.81. The summed E-state index contributed by atoms with van der Waals surface area (Å²) in [5.41, 5.74) is 5.19. The maximum Gasteiger partial charge on any atom is 0.167 e. The summed E-state index contributed by atoms with van der Waals surface area (Å²) in [7, 11) is 0. The molecule has 0 unspecified atom stereocenters. The van der Waals surface area contributed by atoms with E-state index in [9.17, 15) is 4.79 Å². The maximum atomic E-state index is 11.9. The van der Waals surface area contributed by atoms with Crippen molar-refractivity contribution in [3.63, 3.8) is 0 Å². The molecule has 0 fully saturated rings. The quantitative estimate of drug-likeness (QED) is 0.587. The zero-order valence-corrected chi connectivity index (χ0v) is 11.1. The Labute approximate surface area is 120 Å². The van der Waals surface area contributed by atoms with Crippen LogP contribution in [0.5, 0.6) is 0 Å². The molecule has 0 spiro atoms. The fourth-order valence-corrected chi connectivity index (χ4v) is 3.42. The van der Waals surface area contributed by atoms with E-state index in [1.54, 1.807) is 6.20 Å². The van der Waals surface area contributed by atoms with Crippen LogP contribution in [0.1, 0.15) is 17.5 Å². The lowest BCUT2D eigenvalue weighted by atomic mass is 9.97. The second kappa shape index (κ2) is 3.64. The highest BCUT2D eigenvalue weighted by atomic mass is 16.1. The molecule has 3 heteroatoms. The summed E-state index contributed by atoms with van der Waals surface area (Å²) >= 11 is 0. The third kappa shape index (κ3) is 1.30. The van der Waals surface area contributed by atoms with Crippen molar-refractivity contribution in [2.75, 3.05) is 0 Å². The lowest BCUT2D eigenvalue weighted by molar-refractivity contribution is -0.114. The van der Waals surface area contributed by atoms with Gasteiger partial charge in [0.05, 0.1) is 11.7 Å². The molecule has 0 saturated carbocycles. The first-order valence-corrected chi connectivity index (χ1v) is 6.96. The van der Waals surface area contributed by atoms with E-state index in [2.05, 4.69) is 28.4 Å². The van der Waals surface area contributed by atoms with E-state index < -0.39 is 0 Å². The Morgan fingerprint density at radius 2 is 1.81 bits per heavy atom. The van der Waals surface area contributed by atoms with Gasteiger partial charge in [-0.15, -0.1) is 0 Å². The third-order valence-electron chi connectivity index (χ3n) is 4.40. The Kier molecular flexibility index (Phi) is 1.89. The lowest BCUT2D eigenvalue weighted by Crippen LogP contribution is -1.90. The molecule has 0 aliphatic heterocycles. The summed E-state index contributed by atoms with van der Waals surface area (Å²) in [6.45, 7) is 0. The summed E-state index contributed by atoms with van der Waals surface area (Å²) in [6, 6.07) is 10.3. The van der Waals surface area contributed by atoms with Crippen LogP contribution in [0.25, 0.3) is 33.3 Å². The van der Waals surface area contributed by atoms with Crippen LogP contribution in [0.15, 0.2) is 48.2 Å². The molecule has 0 bridgehead atoms. The number of rotatable bonds is 0. The van der Waals surface area contributed by atoms with Crippen molar-refractivity contribution in [1.29, 1.82) is 0 Å². The van der Waals surface area contributed by atoms with Gasteiger partial charge in [-0.05, 0) is 45.7 Å². The molecule has 5 rings (SSSR count). The van der Waals surface area contributed by atoms with E-state index in [-0.39, 0.29) is 5.78 Å². The van der Waals surface area contributed by atoms with Gasteiger partial charge >= 0.3 is 0 Å². The van der Waals surface area contributed by atoms with Gasteiger partial charge in [-0.1, -0.05) is 24.3 Å². The fraction of sp³-hybridized carbons (Fsp3) is 0.0556. The Bertz CT molecular complexity index is 1030. The standard InChI is InChI=1S/C18H10N2O/c21-18-6-4-13-11-2-1-10-12(15(11)9-16(13)18)3-5-17-14(10)7-8-19-20-17/h1-5,7-9H,6H2. The largest absolute Gasteiger partial charge is 0.294 e. The molecule has 0 radical (unpaired) electrons. The molecule has 0 atom stereocenters. The summed E-state index contributed by atoms with van der Waals surface area (Å²) < 4.78 is 0. The number of Topliss-reactive ketones (excluding diaryl/α,β-unsaturated/α-hetero) is 1. The SMILES string of the molecule is O=C1CC=C2C1=Cc1c2ccc2c1ccc1nnccc12. The first-order chi connectivity index (χ1) is 10.3. The second-order valence-corrected chi connectivity index (χ2v) is 5.45. The number of allylic oxidation sites excluding steroid dienone is 3. The smallest absolute Gasteiger partial charge is 0.167 e. The van der Waals surface area contributed by atoms with Gasteiger partial charge < -0.3 is 0 Å². The number of nitrogens with zero attached hydrogens (tertiary/aromatic N) is 2. The summed E-state index contributed by atoms with van der Waals surface area (Å²) in [5.74, 6) is 0.223. The molecule has 21 heavy (non-hydrogen) atoms. The van der Waals surface area contributed by atoms with Crippen LogP contribution in [0.2, 0.25) is 0 Å². The van der Waals surface area contributed by atoms with E-state index >= 15 is 0 Å². The molecule has 3 nitrogen and oxygen atoms in total. The summed E-state index contributed by atoms with van der Waals surface area (Å²) in [6.07, 6.45) is 6.33. The first-order valence-electron chi connectivity index (χ1n) is 6.96. The van der Waals surface area contributed by atoms with Gasteiger partial charge in [0.25, 0.3) is 0 Å². The van der Waals surface area contributed by atoms with Crippen LogP contribution >= 0.6 is 0 Å². The monoisotopic (exact) mass is 270 g/mol. The van der Waals surface area contributed by atoms with E-state index in [0.29, 0.717) is 6.42 Å². The zero-order valence-electron chi connectivity index (χ0n) is 11.1. The number of carbonyl (C=O) groups excluding carboxylic acids is 1. The molecule has 0 amide bonds. The Balaban J connectivity index is 1.93. The molecular weight excluding hydrogens is 260 g/mol. The molecule has 1 aromatic heterocycles. The molecule has 2 aromatic carbocycles. The minimum Gasteiger partial charge on any atom is -0.294 e. The van der Waals surface area contributed by atoms with Crippen LogP contribution in [0.3, 0.4) is 0 Å². The van der Waals surface area contributed by atoms with Crippen molar-refractivity contribution in [3.05, 3.63) is 59.3 Å². The van der Waals surface area contributed by atoms with E-state index in [1.807, 2.05) is 24.3 Å².